The van der Waals surface area contributed by atoms with Gasteiger partial charge in [-0.3, -0.25) is 19.8 Å². The summed E-state index contributed by atoms with van der Waals surface area (Å²) in [6.07, 6.45) is 6.98. The van der Waals surface area contributed by atoms with Crippen LogP contribution in [0.3, 0.4) is 0 Å². The van der Waals surface area contributed by atoms with Crippen LogP contribution >= 0.6 is 35.0 Å². The molecule has 0 aromatic heterocycles. The van der Waals surface area contributed by atoms with E-state index < -0.39 is 4.92 Å². The highest BCUT2D eigenvalue weighted by molar-refractivity contribution is 8.18. The second-order valence-corrected chi connectivity index (χ2v) is 9.24. The zero-order valence-electron chi connectivity index (χ0n) is 16.5. The molecule has 1 aliphatic heterocycles. The van der Waals surface area contributed by atoms with Gasteiger partial charge in [-0.1, -0.05) is 42.5 Å². The molecule has 2 aromatic carbocycles. The third kappa shape index (κ3) is 4.95. The maximum atomic E-state index is 13.3. The van der Waals surface area contributed by atoms with Gasteiger partial charge in [0.2, 0.25) is 0 Å². The predicted octanol–water partition coefficient (Wildman–Crippen LogP) is 6.84. The second-order valence-electron chi connectivity index (χ2n) is 7.42. The number of amidine groups is 1. The van der Waals surface area contributed by atoms with E-state index in [1.165, 1.54) is 30.3 Å². The molecule has 2 fully saturated rings. The maximum absolute atomic E-state index is 13.3. The van der Waals surface area contributed by atoms with E-state index in [9.17, 15) is 14.9 Å². The molecule has 2 aliphatic rings. The lowest BCUT2D eigenvalue weighted by atomic mass is 9.94. The number of carbonyl (C=O) groups excluding carboxylic acids is 1. The minimum Gasteiger partial charge on any atom is -0.283 e. The Hall–Kier alpha value is -2.35. The van der Waals surface area contributed by atoms with Gasteiger partial charge in [0.15, 0.2) is 5.17 Å². The fraction of sp³-hybridized carbons (Fsp3) is 0.273. The molecule has 1 amide bonds. The number of benzene rings is 2. The molecule has 0 radical (unpaired) electrons. The fourth-order valence-electron chi connectivity index (χ4n) is 3.73. The van der Waals surface area contributed by atoms with E-state index in [0.717, 1.165) is 31.2 Å². The predicted molar refractivity (Wildman–Crippen MR) is 126 cm³/mol. The Morgan fingerprint density at radius 2 is 1.77 bits per heavy atom. The van der Waals surface area contributed by atoms with Crippen molar-refractivity contribution in [1.82, 2.24) is 4.90 Å². The highest BCUT2D eigenvalue weighted by atomic mass is 35.5. The third-order valence-corrected chi connectivity index (χ3v) is 7.03. The molecule has 0 atom stereocenters. The molecule has 0 spiro atoms. The fourth-order valence-corrected chi connectivity index (χ4v) is 5.09. The van der Waals surface area contributed by atoms with Crippen molar-refractivity contribution in [3.05, 3.63) is 73.1 Å². The summed E-state index contributed by atoms with van der Waals surface area (Å²) in [4.78, 5) is 30.8. The van der Waals surface area contributed by atoms with E-state index in [4.69, 9.17) is 28.2 Å². The first-order chi connectivity index (χ1) is 14.9. The molecule has 1 aliphatic carbocycles. The Morgan fingerprint density at radius 1 is 1.06 bits per heavy atom. The average molecular weight is 476 g/mol. The lowest BCUT2D eigenvalue weighted by molar-refractivity contribution is -0.384. The van der Waals surface area contributed by atoms with Crippen molar-refractivity contribution >= 4 is 63.5 Å². The minimum absolute atomic E-state index is 0.0123. The van der Waals surface area contributed by atoms with E-state index in [1.54, 1.807) is 41.3 Å². The van der Waals surface area contributed by atoms with Crippen LogP contribution in [0.1, 0.15) is 37.7 Å². The van der Waals surface area contributed by atoms with Crippen LogP contribution in [0.4, 0.5) is 11.4 Å². The number of amides is 1. The monoisotopic (exact) mass is 475 g/mol. The lowest BCUT2D eigenvalue weighted by Gasteiger charge is -2.30. The Labute approximate surface area is 194 Å². The number of hydrogen-bond acceptors (Lipinski definition) is 5. The number of nitro benzene ring substituents is 1. The van der Waals surface area contributed by atoms with E-state index >= 15 is 0 Å². The number of nitro groups is 1. The normalized spacial score (nSPS) is 20.1. The summed E-state index contributed by atoms with van der Waals surface area (Å²) in [5.74, 6) is -0.0888. The number of non-ortho nitro benzene ring substituents is 1. The Morgan fingerprint density at radius 3 is 2.42 bits per heavy atom. The van der Waals surface area contributed by atoms with Crippen LogP contribution in [-0.2, 0) is 4.79 Å². The van der Waals surface area contributed by atoms with Crippen LogP contribution in [0.2, 0.25) is 10.0 Å². The van der Waals surface area contributed by atoms with Gasteiger partial charge in [-0.15, -0.1) is 0 Å². The summed E-state index contributed by atoms with van der Waals surface area (Å²) >= 11 is 13.5. The van der Waals surface area contributed by atoms with Crippen LogP contribution in [0.15, 0.2) is 52.4 Å². The molecule has 1 saturated heterocycles. The van der Waals surface area contributed by atoms with Crippen LogP contribution < -0.4 is 0 Å². The number of thioether (sulfide) groups is 1. The van der Waals surface area contributed by atoms with E-state index in [-0.39, 0.29) is 17.6 Å². The molecule has 0 unspecified atom stereocenters. The van der Waals surface area contributed by atoms with Gasteiger partial charge in [0.1, 0.15) is 0 Å². The first-order valence-electron chi connectivity index (χ1n) is 9.93. The first-order valence-corrected chi connectivity index (χ1v) is 11.5. The Bertz CT molecular complexity index is 1080. The smallest absolute Gasteiger partial charge is 0.269 e. The van der Waals surface area contributed by atoms with Gasteiger partial charge < -0.3 is 0 Å². The molecule has 1 heterocycles. The summed E-state index contributed by atoms with van der Waals surface area (Å²) in [7, 11) is 0. The van der Waals surface area contributed by atoms with Crippen molar-refractivity contribution in [3.8, 4) is 0 Å². The summed E-state index contributed by atoms with van der Waals surface area (Å²) in [6.45, 7) is 0. The summed E-state index contributed by atoms with van der Waals surface area (Å²) in [5, 5.41) is 12.3. The average Bonchev–Trinajstić information content (AvgIpc) is 3.06. The van der Waals surface area contributed by atoms with Crippen molar-refractivity contribution in [2.45, 2.75) is 38.1 Å². The molecule has 31 heavy (non-hydrogen) atoms. The SMILES string of the molecule is O=C1/C(=C\c2ccc([N+](=O)[O-])cc2)SC(=Nc2ccc(Cl)c(Cl)c2)N1C1CCCCC1. The van der Waals surface area contributed by atoms with Crippen LogP contribution in [0.25, 0.3) is 6.08 Å². The number of halogens is 2. The van der Waals surface area contributed by atoms with Gasteiger partial charge >= 0.3 is 0 Å². The molecular weight excluding hydrogens is 457 g/mol. The van der Waals surface area contributed by atoms with Gasteiger partial charge in [-0.05, 0) is 66.6 Å². The molecule has 0 bridgehead atoms. The van der Waals surface area contributed by atoms with Crippen molar-refractivity contribution < 1.29 is 9.72 Å². The third-order valence-electron chi connectivity index (χ3n) is 5.31. The molecule has 0 N–H and O–H groups in total. The van der Waals surface area contributed by atoms with Gasteiger partial charge in [-0.25, -0.2) is 4.99 Å². The van der Waals surface area contributed by atoms with E-state index in [0.29, 0.717) is 25.8 Å². The van der Waals surface area contributed by atoms with Gasteiger partial charge in [0.25, 0.3) is 11.6 Å². The minimum atomic E-state index is -0.445. The lowest BCUT2D eigenvalue weighted by Crippen LogP contribution is -2.40. The Balaban J connectivity index is 1.68. The molecule has 2 aromatic rings. The zero-order valence-corrected chi connectivity index (χ0v) is 18.8. The largest absolute Gasteiger partial charge is 0.283 e. The van der Waals surface area contributed by atoms with Crippen molar-refractivity contribution in [3.63, 3.8) is 0 Å². The number of nitrogens with zero attached hydrogens (tertiary/aromatic N) is 3. The first kappa shape index (κ1) is 21.9. The number of hydrogen-bond donors (Lipinski definition) is 0. The van der Waals surface area contributed by atoms with Crippen LogP contribution in [0.5, 0.6) is 0 Å². The van der Waals surface area contributed by atoms with Crippen LogP contribution in [-0.4, -0.2) is 26.9 Å². The second kappa shape index (κ2) is 9.42. The standard InChI is InChI=1S/C22H19Cl2N3O3S/c23-18-11-8-15(13-19(18)24)25-22-26(16-4-2-1-3-5-16)21(28)20(31-22)12-14-6-9-17(10-7-14)27(29)30/h6-13,16H,1-5H2/b20-12+,25-22?. The summed E-state index contributed by atoms with van der Waals surface area (Å²) in [6, 6.07) is 11.4. The molecule has 1 saturated carbocycles. The summed E-state index contributed by atoms with van der Waals surface area (Å²) in [5.41, 5.74) is 1.36. The highest BCUT2D eigenvalue weighted by Crippen LogP contribution is 2.39. The number of carbonyl (C=O) groups is 1. The quantitative estimate of drug-likeness (QED) is 0.275. The molecule has 9 heteroatoms. The summed E-state index contributed by atoms with van der Waals surface area (Å²) < 4.78 is 0. The van der Waals surface area contributed by atoms with Crippen LogP contribution in [0, 0.1) is 10.1 Å². The molecular formula is C22H19Cl2N3O3S. The van der Waals surface area contributed by atoms with Gasteiger partial charge in [0, 0.05) is 18.2 Å². The Kier molecular flexibility index (Phi) is 6.65. The van der Waals surface area contributed by atoms with Gasteiger partial charge in [0.05, 0.1) is 25.6 Å². The van der Waals surface area contributed by atoms with E-state index in [1.807, 2.05) is 0 Å². The van der Waals surface area contributed by atoms with Crippen molar-refractivity contribution in [1.29, 1.82) is 0 Å². The van der Waals surface area contributed by atoms with Crippen molar-refractivity contribution in [2.75, 3.05) is 0 Å². The van der Waals surface area contributed by atoms with E-state index in [2.05, 4.69) is 0 Å². The van der Waals surface area contributed by atoms with Gasteiger partial charge in [-0.2, -0.15) is 0 Å². The maximum Gasteiger partial charge on any atom is 0.269 e. The molecule has 160 valence electrons. The highest BCUT2D eigenvalue weighted by Gasteiger charge is 2.38. The topological polar surface area (TPSA) is 75.8 Å². The molecule has 6 nitrogen and oxygen atoms in total. The molecule has 4 rings (SSSR count). The van der Waals surface area contributed by atoms with Crippen molar-refractivity contribution in [2.24, 2.45) is 4.99 Å². The zero-order chi connectivity index (χ0) is 22.0. The number of rotatable bonds is 4. The number of aliphatic imine (C=N–C) groups is 1.